The van der Waals surface area contributed by atoms with Crippen LogP contribution in [-0.4, -0.2) is 54.4 Å². The molecule has 1 amide bonds. The van der Waals surface area contributed by atoms with Crippen molar-refractivity contribution >= 4 is 27.7 Å². The maximum Gasteiger partial charge on any atom is 0.326 e. The van der Waals surface area contributed by atoms with Gasteiger partial charge in [-0.3, -0.25) is 14.8 Å². The van der Waals surface area contributed by atoms with Crippen molar-refractivity contribution in [2.24, 2.45) is 0 Å². The van der Waals surface area contributed by atoms with Gasteiger partial charge in [0.15, 0.2) is 0 Å². The third kappa shape index (κ3) is 5.59. The van der Waals surface area contributed by atoms with E-state index >= 15 is 0 Å². The number of rotatable bonds is 10. The van der Waals surface area contributed by atoms with Crippen LogP contribution in [-0.2, 0) is 33.9 Å². The molecule has 13 nitrogen and oxygen atoms in total. The van der Waals surface area contributed by atoms with Crippen molar-refractivity contribution in [2.75, 3.05) is 6.61 Å². The zero-order valence-electron chi connectivity index (χ0n) is 15.5. The van der Waals surface area contributed by atoms with Gasteiger partial charge in [0.2, 0.25) is 20.8 Å². The van der Waals surface area contributed by atoms with Gasteiger partial charge in [-0.2, -0.15) is 4.94 Å². The van der Waals surface area contributed by atoms with Crippen molar-refractivity contribution in [3.63, 3.8) is 0 Å². The van der Waals surface area contributed by atoms with Crippen molar-refractivity contribution < 1.29 is 42.7 Å². The highest BCUT2D eigenvalue weighted by Crippen LogP contribution is 2.28. The van der Waals surface area contributed by atoms with Crippen LogP contribution in [0.3, 0.4) is 0 Å². The zero-order valence-corrected chi connectivity index (χ0v) is 16.3. The van der Waals surface area contributed by atoms with Gasteiger partial charge in [-0.05, 0) is 19.1 Å². The van der Waals surface area contributed by atoms with Gasteiger partial charge in [0.1, 0.15) is 6.04 Å². The summed E-state index contributed by atoms with van der Waals surface area (Å²) in [5, 5.41) is 30.2. The fraction of sp³-hybridized carbons (Fsp3) is 0.312. The predicted octanol–water partition coefficient (Wildman–Crippen LogP) is -0.404. The lowest BCUT2D eigenvalue weighted by Gasteiger charge is -2.22. The Morgan fingerprint density at radius 3 is 2.47 bits per heavy atom. The molecule has 0 spiro atoms. The average molecular weight is 444 g/mol. The summed E-state index contributed by atoms with van der Waals surface area (Å²) in [4.78, 5) is 37.6. The number of nitrogens with one attached hydrogen (secondary N) is 2. The molecule has 1 heterocycles. The average Bonchev–Trinajstić information content (AvgIpc) is 3.02. The van der Waals surface area contributed by atoms with Crippen LogP contribution in [0.15, 0.2) is 40.1 Å². The number of sulfone groups is 1. The number of nitrogens with zero attached hydrogens (tertiary/aromatic N) is 1. The Balaban J connectivity index is 2.06. The Labute approximate surface area is 170 Å². The standard InChI is InChI=1S/C16H18N3O10S/c1-9-2-4-10(5-3-9)30(26,27)15-14(18-29-19(15)25)28-7-6-12(20)17-11(16(23)24)8-13(21)22/h2-5,11,18H,6-8H2,1H3,(H,17,20)(H,21,22)(H,23,24)/q-1/t11-/m0/s1. The molecule has 1 aliphatic rings. The summed E-state index contributed by atoms with van der Waals surface area (Å²) in [6, 6.07) is 4.02. The van der Waals surface area contributed by atoms with Crippen LogP contribution in [0.2, 0.25) is 0 Å². The second-order valence-electron chi connectivity index (χ2n) is 6.06. The van der Waals surface area contributed by atoms with Gasteiger partial charge in [-0.1, -0.05) is 17.7 Å². The van der Waals surface area contributed by atoms with E-state index in [1.807, 2.05) is 10.8 Å². The van der Waals surface area contributed by atoms with Crippen molar-refractivity contribution in [1.82, 2.24) is 16.0 Å². The molecule has 0 saturated carbocycles. The number of carbonyl (C=O) groups is 3. The van der Waals surface area contributed by atoms with Gasteiger partial charge in [0, 0.05) is 0 Å². The van der Waals surface area contributed by atoms with E-state index in [0.29, 0.717) is 0 Å². The number of carboxylic acid groups (broad SMARTS) is 2. The Bertz CT molecular complexity index is 958. The fourth-order valence-electron chi connectivity index (χ4n) is 2.28. The molecule has 1 aliphatic heterocycles. The molecule has 4 N–H and O–H groups in total. The summed E-state index contributed by atoms with van der Waals surface area (Å²) in [5.74, 6) is -4.37. The Morgan fingerprint density at radius 1 is 1.27 bits per heavy atom. The minimum atomic E-state index is -4.31. The van der Waals surface area contributed by atoms with Gasteiger partial charge < -0.3 is 25.5 Å². The lowest BCUT2D eigenvalue weighted by molar-refractivity contribution is -0.147. The maximum absolute atomic E-state index is 12.7. The van der Waals surface area contributed by atoms with Crippen molar-refractivity contribution in [1.29, 1.82) is 0 Å². The quantitative estimate of drug-likeness (QED) is 0.365. The second-order valence-corrected chi connectivity index (χ2v) is 7.92. The van der Waals surface area contributed by atoms with E-state index in [1.165, 1.54) is 24.3 Å². The molecular weight excluding hydrogens is 426 g/mol. The molecule has 1 atom stereocenters. The molecule has 30 heavy (non-hydrogen) atoms. The second kappa shape index (κ2) is 9.43. The van der Waals surface area contributed by atoms with Crippen molar-refractivity contribution in [3.05, 3.63) is 45.9 Å². The van der Waals surface area contributed by atoms with Gasteiger partial charge in [0.25, 0.3) is 5.88 Å². The minimum Gasteiger partial charge on any atom is -0.731 e. The summed E-state index contributed by atoms with van der Waals surface area (Å²) in [6.45, 7) is 1.29. The first-order valence-corrected chi connectivity index (χ1v) is 9.83. The lowest BCUT2D eigenvalue weighted by atomic mass is 10.2. The SMILES string of the molecule is Cc1ccc(S(=O)(=O)C2=C(OCCC(=O)N[C@@H](CC(=O)O)C(=O)O)NON2[O-])cc1. The molecule has 164 valence electrons. The number of aryl methyl sites for hydroxylation is 1. The molecule has 1 aromatic carbocycles. The molecule has 0 radical (unpaired) electrons. The summed E-state index contributed by atoms with van der Waals surface area (Å²) in [7, 11) is -4.31. The third-order valence-electron chi connectivity index (χ3n) is 3.75. The van der Waals surface area contributed by atoms with Crippen LogP contribution >= 0.6 is 0 Å². The van der Waals surface area contributed by atoms with E-state index in [9.17, 15) is 28.0 Å². The highest BCUT2D eigenvalue weighted by Gasteiger charge is 2.33. The van der Waals surface area contributed by atoms with Crippen LogP contribution in [0.5, 0.6) is 0 Å². The van der Waals surface area contributed by atoms with Gasteiger partial charge in [-0.25, -0.2) is 18.7 Å². The van der Waals surface area contributed by atoms with E-state index < -0.39 is 64.1 Å². The molecule has 0 saturated heterocycles. The molecule has 0 aromatic heterocycles. The first-order valence-electron chi connectivity index (χ1n) is 8.35. The van der Waals surface area contributed by atoms with E-state index in [2.05, 4.69) is 4.94 Å². The number of carboxylic acids is 2. The maximum atomic E-state index is 12.7. The monoisotopic (exact) mass is 444 g/mol. The van der Waals surface area contributed by atoms with Crippen LogP contribution in [0, 0.1) is 12.1 Å². The topological polar surface area (TPSA) is 195 Å². The molecule has 14 heteroatoms. The Morgan fingerprint density at radius 2 is 1.90 bits per heavy atom. The van der Waals surface area contributed by atoms with E-state index in [-0.39, 0.29) is 10.1 Å². The largest absolute Gasteiger partial charge is 0.731 e. The number of ether oxygens (including phenoxy) is 1. The third-order valence-corrected chi connectivity index (χ3v) is 5.49. The Kier molecular flexibility index (Phi) is 7.20. The van der Waals surface area contributed by atoms with Crippen LogP contribution in [0.4, 0.5) is 0 Å². The van der Waals surface area contributed by atoms with E-state index in [1.54, 1.807) is 6.92 Å². The minimum absolute atomic E-state index is 0.187. The number of hydroxylamine groups is 3. The van der Waals surface area contributed by atoms with E-state index in [4.69, 9.17) is 14.9 Å². The molecule has 1 aromatic rings. The number of hydrogen-bond donors (Lipinski definition) is 4. The van der Waals surface area contributed by atoms with Crippen molar-refractivity contribution in [2.45, 2.75) is 30.7 Å². The number of amides is 1. The summed E-state index contributed by atoms with van der Waals surface area (Å²) >= 11 is 0. The van der Waals surface area contributed by atoms with Crippen LogP contribution in [0.1, 0.15) is 18.4 Å². The number of hydrogen-bond acceptors (Lipinski definition) is 10. The predicted molar refractivity (Wildman–Crippen MR) is 97.2 cm³/mol. The molecule has 0 unspecified atom stereocenters. The molecule has 0 bridgehead atoms. The first-order chi connectivity index (χ1) is 14.0. The normalized spacial score (nSPS) is 14.8. The van der Waals surface area contributed by atoms with Gasteiger partial charge in [0.05, 0.1) is 24.3 Å². The highest BCUT2D eigenvalue weighted by molar-refractivity contribution is 7.95. The summed E-state index contributed by atoms with van der Waals surface area (Å²) < 4.78 is 30.5. The molecule has 0 aliphatic carbocycles. The number of carbonyl (C=O) groups excluding carboxylic acids is 1. The lowest BCUT2D eigenvalue weighted by Crippen LogP contribution is -2.42. The zero-order chi connectivity index (χ0) is 22.5. The smallest absolute Gasteiger partial charge is 0.326 e. The number of benzene rings is 1. The summed E-state index contributed by atoms with van der Waals surface area (Å²) in [6.07, 6.45) is -1.28. The highest BCUT2D eigenvalue weighted by atomic mass is 32.2. The summed E-state index contributed by atoms with van der Waals surface area (Å²) in [5.41, 5.74) is 2.79. The van der Waals surface area contributed by atoms with Crippen LogP contribution in [0.25, 0.3) is 0 Å². The Hall–Kier alpha value is -3.36. The van der Waals surface area contributed by atoms with Gasteiger partial charge in [-0.15, -0.1) is 0 Å². The fourth-order valence-corrected chi connectivity index (χ4v) is 3.57. The van der Waals surface area contributed by atoms with Gasteiger partial charge >= 0.3 is 11.9 Å². The van der Waals surface area contributed by atoms with E-state index in [0.717, 1.165) is 5.56 Å². The van der Waals surface area contributed by atoms with Crippen molar-refractivity contribution in [3.8, 4) is 0 Å². The van der Waals surface area contributed by atoms with Crippen LogP contribution < -0.4 is 10.8 Å². The number of aliphatic carboxylic acids is 2. The molecule has 0 fully saturated rings. The first kappa shape index (κ1) is 22.9. The molecule has 2 rings (SSSR count). The molecular formula is C16H18N3O10S-.